The lowest BCUT2D eigenvalue weighted by molar-refractivity contribution is -0.116. The molecule has 0 aliphatic carbocycles. The van der Waals surface area contributed by atoms with Crippen molar-refractivity contribution in [2.75, 3.05) is 0 Å². The van der Waals surface area contributed by atoms with Crippen molar-refractivity contribution >= 4 is 47.5 Å². The van der Waals surface area contributed by atoms with Crippen LogP contribution in [-0.4, -0.2) is 23.7 Å². The molecule has 0 saturated carbocycles. The fourth-order valence-corrected chi connectivity index (χ4v) is 2.33. The summed E-state index contributed by atoms with van der Waals surface area (Å²) < 4.78 is 26.7. The topological polar surface area (TPSA) is 135 Å². The van der Waals surface area contributed by atoms with Crippen molar-refractivity contribution in [2.45, 2.75) is 0 Å². The van der Waals surface area contributed by atoms with Gasteiger partial charge >= 0.3 is 0 Å². The predicted octanol–water partition coefficient (Wildman–Crippen LogP) is 2.12. The fourth-order valence-electron chi connectivity index (χ4n) is 2.10. The van der Waals surface area contributed by atoms with Crippen LogP contribution in [0.3, 0.4) is 0 Å². The Balaban J connectivity index is 1.90. The SMILES string of the molecule is NC(=NN=C(N)NC(=O)C=Cc1c(F)cccc1Cl)NC(=O)C=Cc1cccc(F)c1. The first-order valence-electron chi connectivity index (χ1n) is 8.59. The number of hydrogen-bond acceptors (Lipinski definition) is 4. The molecule has 0 fully saturated rings. The summed E-state index contributed by atoms with van der Waals surface area (Å²) in [4.78, 5) is 23.6. The van der Waals surface area contributed by atoms with Crippen molar-refractivity contribution in [2.24, 2.45) is 21.7 Å². The van der Waals surface area contributed by atoms with Crippen molar-refractivity contribution in [3.63, 3.8) is 0 Å². The van der Waals surface area contributed by atoms with Gasteiger partial charge in [0.25, 0.3) is 11.8 Å². The Labute approximate surface area is 181 Å². The molecule has 11 heteroatoms. The lowest BCUT2D eigenvalue weighted by Gasteiger charge is -2.01. The first-order chi connectivity index (χ1) is 14.7. The molecule has 0 aliphatic heterocycles. The molecule has 0 atom stereocenters. The molecule has 2 rings (SSSR count). The molecule has 0 saturated heterocycles. The number of carbonyl (C=O) groups excluding carboxylic acids is 2. The van der Waals surface area contributed by atoms with Gasteiger partial charge in [-0.15, -0.1) is 10.2 Å². The van der Waals surface area contributed by atoms with Gasteiger partial charge in [0, 0.05) is 17.7 Å². The third-order valence-electron chi connectivity index (χ3n) is 3.44. The maximum atomic E-state index is 13.6. The molecule has 2 aromatic rings. The van der Waals surface area contributed by atoms with Crippen LogP contribution in [0.4, 0.5) is 8.78 Å². The number of hydrogen-bond donors (Lipinski definition) is 4. The van der Waals surface area contributed by atoms with Crippen LogP contribution in [0.1, 0.15) is 11.1 Å². The number of benzene rings is 2. The van der Waals surface area contributed by atoms with E-state index in [1.807, 2.05) is 0 Å². The molecule has 6 N–H and O–H groups in total. The van der Waals surface area contributed by atoms with Gasteiger partial charge < -0.3 is 11.5 Å². The molecule has 0 radical (unpaired) electrons. The largest absolute Gasteiger partial charge is 0.368 e. The fraction of sp³-hybridized carbons (Fsp3) is 0. The van der Waals surface area contributed by atoms with E-state index in [1.54, 1.807) is 6.07 Å². The molecule has 2 aromatic carbocycles. The van der Waals surface area contributed by atoms with Crippen molar-refractivity contribution in [1.82, 2.24) is 10.6 Å². The molecule has 31 heavy (non-hydrogen) atoms. The van der Waals surface area contributed by atoms with Crippen LogP contribution < -0.4 is 22.1 Å². The van der Waals surface area contributed by atoms with Gasteiger partial charge in [-0.2, -0.15) is 0 Å². The van der Waals surface area contributed by atoms with Gasteiger partial charge in [-0.3, -0.25) is 20.2 Å². The zero-order valence-corrected chi connectivity index (χ0v) is 16.6. The Morgan fingerprint density at radius 1 is 0.903 bits per heavy atom. The number of rotatable bonds is 5. The molecule has 0 unspecified atom stereocenters. The summed E-state index contributed by atoms with van der Waals surface area (Å²) in [6.07, 6.45) is 4.66. The molecule has 0 heterocycles. The summed E-state index contributed by atoms with van der Waals surface area (Å²) in [5.74, 6) is -3.24. The highest BCUT2D eigenvalue weighted by atomic mass is 35.5. The Hall–Kier alpha value is -4.05. The second kappa shape index (κ2) is 11.2. The lowest BCUT2D eigenvalue weighted by atomic mass is 10.2. The minimum Gasteiger partial charge on any atom is -0.368 e. The molecule has 0 bridgehead atoms. The number of nitrogens with one attached hydrogen (secondary N) is 2. The molecule has 0 aromatic heterocycles. The maximum Gasteiger partial charge on any atom is 0.250 e. The van der Waals surface area contributed by atoms with Crippen LogP contribution in [0.5, 0.6) is 0 Å². The van der Waals surface area contributed by atoms with Crippen molar-refractivity contribution in [3.8, 4) is 0 Å². The van der Waals surface area contributed by atoms with E-state index in [0.29, 0.717) is 5.56 Å². The minimum atomic E-state index is -0.726. The Bertz CT molecular complexity index is 1080. The summed E-state index contributed by atoms with van der Waals surface area (Å²) >= 11 is 5.85. The van der Waals surface area contributed by atoms with Gasteiger partial charge in [-0.1, -0.05) is 29.8 Å². The van der Waals surface area contributed by atoms with Crippen LogP contribution in [0.25, 0.3) is 12.2 Å². The highest BCUT2D eigenvalue weighted by Gasteiger charge is 2.05. The van der Waals surface area contributed by atoms with Gasteiger partial charge in [-0.25, -0.2) is 8.78 Å². The number of guanidine groups is 2. The van der Waals surface area contributed by atoms with Gasteiger partial charge in [0.15, 0.2) is 0 Å². The van der Waals surface area contributed by atoms with Crippen molar-refractivity contribution in [3.05, 3.63) is 82.4 Å². The maximum absolute atomic E-state index is 13.6. The normalized spacial score (nSPS) is 12.4. The van der Waals surface area contributed by atoms with E-state index in [2.05, 4.69) is 20.8 Å². The third kappa shape index (κ3) is 8.07. The summed E-state index contributed by atoms with van der Waals surface area (Å²) in [5, 5.41) is 11.4. The molecule has 8 nitrogen and oxygen atoms in total. The Kier molecular flexibility index (Phi) is 8.41. The van der Waals surface area contributed by atoms with E-state index in [-0.39, 0.29) is 10.6 Å². The number of nitrogens with zero attached hydrogens (tertiary/aromatic N) is 2. The quantitative estimate of drug-likeness (QED) is 0.242. The highest BCUT2D eigenvalue weighted by molar-refractivity contribution is 6.32. The van der Waals surface area contributed by atoms with Crippen molar-refractivity contribution in [1.29, 1.82) is 0 Å². The van der Waals surface area contributed by atoms with Crippen LogP contribution in [-0.2, 0) is 9.59 Å². The monoisotopic (exact) mass is 446 g/mol. The average Bonchev–Trinajstić information content (AvgIpc) is 2.70. The van der Waals surface area contributed by atoms with Crippen LogP contribution in [0, 0.1) is 11.6 Å². The van der Waals surface area contributed by atoms with E-state index in [1.165, 1.54) is 48.6 Å². The van der Waals surface area contributed by atoms with E-state index < -0.39 is 35.4 Å². The van der Waals surface area contributed by atoms with Crippen molar-refractivity contribution < 1.29 is 18.4 Å². The number of nitrogens with two attached hydrogens (primary N) is 2. The van der Waals surface area contributed by atoms with E-state index >= 15 is 0 Å². The van der Waals surface area contributed by atoms with E-state index in [4.69, 9.17) is 23.1 Å². The second-order valence-corrected chi connectivity index (χ2v) is 6.21. The standard InChI is InChI=1S/C20H17ClF2N6O2/c21-15-5-2-6-16(23)14(15)8-10-18(31)27-20(25)29-28-19(24)26-17(30)9-7-12-3-1-4-13(22)11-12/h1-11H,(H3,24,26,28,30)(H3,25,27,29,31). The number of carbonyl (C=O) groups is 2. The second-order valence-electron chi connectivity index (χ2n) is 5.81. The number of amides is 2. The van der Waals surface area contributed by atoms with Gasteiger partial charge in [0.1, 0.15) is 11.6 Å². The van der Waals surface area contributed by atoms with Crippen LogP contribution in [0.15, 0.2) is 64.8 Å². The Morgan fingerprint density at radius 3 is 2.06 bits per heavy atom. The highest BCUT2D eigenvalue weighted by Crippen LogP contribution is 2.20. The summed E-state index contributed by atoms with van der Waals surface area (Å²) in [6, 6.07) is 9.70. The molecular formula is C20H17ClF2N6O2. The van der Waals surface area contributed by atoms with Crippen LogP contribution in [0.2, 0.25) is 5.02 Å². The zero-order chi connectivity index (χ0) is 22.8. The first kappa shape index (κ1) is 23.2. The minimum absolute atomic E-state index is 0.0334. The Morgan fingerprint density at radius 2 is 1.48 bits per heavy atom. The first-order valence-corrected chi connectivity index (χ1v) is 8.96. The predicted molar refractivity (Wildman–Crippen MR) is 115 cm³/mol. The van der Waals surface area contributed by atoms with Crippen LogP contribution >= 0.6 is 11.6 Å². The molecule has 0 spiro atoms. The number of halogens is 3. The smallest absolute Gasteiger partial charge is 0.250 e. The summed E-state index contributed by atoms with van der Waals surface area (Å²) in [6.45, 7) is 0. The van der Waals surface area contributed by atoms with Gasteiger partial charge in [0.05, 0.1) is 5.02 Å². The van der Waals surface area contributed by atoms with E-state index in [9.17, 15) is 18.4 Å². The molecule has 0 aliphatic rings. The average molecular weight is 447 g/mol. The van der Waals surface area contributed by atoms with Gasteiger partial charge in [0.2, 0.25) is 11.9 Å². The zero-order valence-electron chi connectivity index (χ0n) is 15.9. The summed E-state index contributed by atoms with van der Waals surface area (Å²) in [7, 11) is 0. The molecule has 2 amide bonds. The molecule has 160 valence electrons. The molecular weight excluding hydrogens is 430 g/mol. The summed E-state index contributed by atoms with van der Waals surface area (Å²) in [5.41, 5.74) is 11.5. The third-order valence-corrected chi connectivity index (χ3v) is 3.77. The van der Waals surface area contributed by atoms with E-state index in [0.717, 1.165) is 12.2 Å². The lowest BCUT2D eigenvalue weighted by Crippen LogP contribution is -2.37. The van der Waals surface area contributed by atoms with Gasteiger partial charge in [-0.05, 0) is 42.0 Å².